The molecule has 0 saturated heterocycles. The van der Waals surface area contributed by atoms with Crippen LogP contribution in [0.4, 0.5) is 11.4 Å². The number of aliphatic imine (C=N–C) groups is 2. The molecule has 294 valence electrons. The van der Waals surface area contributed by atoms with Gasteiger partial charge < -0.3 is 0 Å². The molecule has 0 unspecified atom stereocenters. The van der Waals surface area contributed by atoms with Crippen LogP contribution in [-0.4, -0.2) is 11.4 Å². The molecule has 0 heterocycles. The number of aryl methyl sites for hydroxylation is 4. The number of unbranched alkanes of at least 4 members (excludes halogenated alkanes) is 18. The number of hydrogen-bond donors (Lipinski definition) is 0. The third kappa shape index (κ3) is 21.5. The van der Waals surface area contributed by atoms with Crippen LogP contribution in [0.5, 0.6) is 0 Å². The lowest BCUT2D eigenvalue weighted by Gasteiger charge is -2.14. The molecule has 0 bridgehead atoms. The van der Waals surface area contributed by atoms with E-state index in [1.165, 1.54) is 199 Å². The van der Waals surface area contributed by atoms with E-state index in [0.717, 1.165) is 38.5 Å². The zero-order valence-electron chi connectivity index (χ0n) is 35.6. The Kier molecular flexibility index (Phi) is 27.5. The highest BCUT2D eigenvalue weighted by atomic mass is 14.8. The van der Waals surface area contributed by atoms with E-state index < -0.39 is 0 Å². The van der Waals surface area contributed by atoms with E-state index in [-0.39, 0.29) is 0 Å². The summed E-state index contributed by atoms with van der Waals surface area (Å²) < 4.78 is 0. The summed E-state index contributed by atoms with van der Waals surface area (Å²) in [5, 5.41) is 0. The second kappa shape index (κ2) is 31.2. The Morgan fingerprint density at radius 3 is 0.865 bits per heavy atom. The fourth-order valence-corrected chi connectivity index (χ4v) is 7.50. The summed E-state index contributed by atoms with van der Waals surface area (Å²) in [5.74, 6) is 0. The van der Waals surface area contributed by atoms with Crippen LogP contribution in [0.15, 0.2) is 46.4 Å². The first-order valence-electron chi connectivity index (χ1n) is 23.0. The van der Waals surface area contributed by atoms with Crippen LogP contribution in [-0.2, 0) is 25.7 Å². The molecule has 0 spiro atoms. The number of hydrogen-bond acceptors (Lipinski definition) is 2. The summed E-state index contributed by atoms with van der Waals surface area (Å²) in [6, 6.07) is 14.7. The van der Waals surface area contributed by atoms with Crippen molar-refractivity contribution in [1.82, 2.24) is 0 Å². The molecule has 0 fully saturated rings. The van der Waals surface area contributed by atoms with Gasteiger partial charge in [0.1, 0.15) is 0 Å². The van der Waals surface area contributed by atoms with Gasteiger partial charge in [0.2, 0.25) is 0 Å². The summed E-state index contributed by atoms with van der Waals surface area (Å²) >= 11 is 0. The minimum absolute atomic E-state index is 1.03. The molecular formula is C50H84N2. The minimum atomic E-state index is 1.03. The molecule has 2 aromatic rings. The molecule has 0 aromatic heterocycles. The average molecular weight is 713 g/mol. The van der Waals surface area contributed by atoms with Crippen molar-refractivity contribution in [2.75, 3.05) is 0 Å². The van der Waals surface area contributed by atoms with Crippen molar-refractivity contribution in [2.45, 2.75) is 234 Å². The Hall–Kier alpha value is -2.22. The van der Waals surface area contributed by atoms with Crippen molar-refractivity contribution >= 4 is 22.8 Å². The lowest BCUT2D eigenvalue weighted by atomic mass is 9.98. The summed E-state index contributed by atoms with van der Waals surface area (Å²) in [4.78, 5) is 11.3. The number of rotatable bonds is 33. The molecule has 2 rings (SSSR count). The van der Waals surface area contributed by atoms with Gasteiger partial charge in [0.15, 0.2) is 0 Å². The van der Waals surface area contributed by atoms with Crippen molar-refractivity contribution in [3.05, 3.63) is 58.7 Å². The minimum Gasteiger partial charge on any atom is -0.252 e. The quantitative estimate of drug-likeness (QED) is 0.0520. The van der Waals surface area contributed by atoms with Crippen molar-refractivity contribution in [2.24, 2.45) is 9.98 Å². The molecule has 2 heteroatoms. The van der Waals surface area contributed by atoms with E-state index in [2.05, 4.69) is 77.9 Å². The van der Waals surface area contributed by atoms with Crippen LogP contribution >= 0.6 is 0 Å². The Labute approximate surface area is 324 Å². The second-order valence-electron chi connectivity index (χ2n) is 16.0. The highest BCUT2D eigenvalue weighted by molar-refractivity contribution is 6.43. The van der Waals surface area contributed by atoms with Gasteiger partial charge >= 0.3 is 0 Å². The van der Waals surface area contributed by atoms with Crippen molar-refractivity contribution < 1.29 is 0 Å². The normalized spacial score (nSPS) is 12.3. The van der Waals surface area contributed by atoms with Crippen LogP contribution < -0.4 is 0 Å². The maximum atomic E-state index is 5.64. The van der Waals surface area contributed by atoms with E-state index >= 15 is 0 Å². The van der Waals surface area contributed by atoms with Gasteiger partial charge in [-0.15, -0.1) is 0 Å². The maximum Gasteiger partial charge on any atom is 0.0639 e. The molecule has 0 atom stereocenters. The van der Waals surface area contributed by atoms with Gasteiger partial charge in [0, 0.05) is 0 Å². The van der Waals surface area contributed by atoms with Gasteiger partial charge in [-0.05, 0) is 124 Å². The molecule has 0 aliphatic carbocycles. The Morgan fingerprint density at radius 1 is 0.308 bits per heavy atom. The highest BCUT2D eigenvalue weighted by Gasteiger charge is 2.13. The summed E-state index contributed by atoms with van der Waals surface area (Å²) in [7, 11) is 0. The Balaban J connectivity index is 2.59. The molecule has 2 aromatic carbocycles. The zero-order valence-corrected chi connectivity index (χ0v) is 35.6. The second-order valence-corrected chi connectivity index (χ2v) is 16.0. The number of benzene rings is 2. The van der Waals surface area contributed by atoms with Crippen molar-refractivity contribution in [3.8, 4) is 0 Å². The number of nitrogens with zero attached hydrogens (tertiary/aromatic N) is 2. The largest absolute Gasteiger partial charge is 0.252 e. The first kappa shape index (κ1) is 45.9. The standard InChI is InChI=1S/C50H84N2/c1-7-13-19-21-22-23-24-30-36-50(52-48-41-45(33-27-17-11-5)38-46(42-48)34-28-18-12-6)49(35-29-20-14-8-2)51-47-39-43(31-25-15-9-3)37-44(40-47)32-26-16-10-4/h37-42H,7-36H2,1-6H3. The lowest BCUT2D eigenvalue weighted by Crippen LogP contribution is -2.15. The van der Waals surface area contributed by atoms with E-state index in [0.29, 0.717) is 0 Å². The first-order valence-corrected chi connectivity index (χ1v) is 23.0. The lowest BCUT2D eigenvalue weighted by molar-refractivity contribution is 0.580. The molecule has 0 aliphatic heterocycles. The Morgan fingerprint density at radius 2 is 0.558 bits per heavy atom. The van der Waals surface area contributed by atoms with Gasteiger partial charge in [-0.25, -0.2) is 0 Å². The van der Waals surface area contributed by atoms with Crippen molar-refractivity contribution in [3.63, 3.8) is 0 Å². The topological polar surface area (TPSA) is 24.7 Å². The fraction of sp³-hybridized carbons (Fsp3) is 0.720. The summed E-state index contributed by atoms with van der Waals surface area (Å²) in [6.07, 6.45) is 37.8. The van der Waals surface area contributed by atoms with E-state index in [9.17, 15) is 0 Å². The summed E-state index contributed by atoms with van der Waals surface area (Å²) in [6.45, 7) is 13.9. The molecule has 0 radical (unpaired) electrons. The smallest absolute Gasteiger partial charge is 0.0639 e. The van der Waals surface area contributed by atoms with Crippen LogP contribution in [0.3, 0.4) is 0 Å². The zero-order chi connectivity index (χ0) is 37.5. The van der Waals surface area contributed by atoms with Crippen molar-refractivity contribution in [1.29, 1.82) is 0 Å². The van der Waals surface area contributed by atoms with Gasteiger partial charge in [-0.2, -0.15) is 0 Å². The van der Waals surface area contributed by atoms with E-state index in [1.807, 2.05) is 0 Å². The van der Waals surface area contributed by atoms with Gasteiger partial charge in [0.25, 0.3) is 0 Å². The predicted octanol–water partition coefficient (Wildman–Crippen LogP) is 17.0. The monoisotopic (exact) mass is 713 g/mol. The molecular weight excluding hydrogens is 629 g/mol. The molecule has 52 heavy (non-hydrogen) atoms. The molecule has 0 N–H and O–H groups in total. The highest BCUT2D eigenvalue weighted by Crippen LogP contribution is 2.27. The molecule has 2 nitrogen and oxygen atoms in total. The SMILES string of the molecule is CCCCCCCCCCC(=Nc1cc(CCCCC)cc(CCCCC)c1)C(CCCCCC)=Nc1cc(CCCCC)cc(CCCCC)c1. The summed E-state index contributed by atoms with van der Waals surface area (Å²) in [5.41, 5.74) is 10.8. The van der Waals surface area contributed by atoms with Gasteiger partial charge in [-0.3, -0.25) is 9.98 Å². The van der Waals surface area contributed by atoms with Gasteiger partial charge in [0.05, 0.1) is 22.8 Å². The third-order valence-corrected chi connectivity index (χ3v) is 10.7. The predicted molar refractivity (Wildman–Crippen MR) is 236 cm³/mol. The maximum absolute atomic E-state index is 5.64. The Bertz CT molecular complexity index is 1160. The van der Waals surface area contributed by atoms with Crippen LogP contribution in [0.2, 0.25) is 0 Å². The molecule has 0 amide bonds. The third-order valence-electron chi connectivity index (χ3n) is 10.7. The first-order chi connectivity index (χ1) is 25.6. The molecule has 0 aliphatic rings. The van der Waals surface area contributed by atoms with Gasteiger partial charge in [-0.1, -0.05) is 169 Å². The van der Waals surface area contributed by atoms with E-state index in [1.54, 1.807) is 0 Å². The fourth-order valence-electron chi connectivity index (χ4n) is 7.50. The van der Waals surface area contributed by atoms with Crippen LogP contribution in [0.1, 0.15) is 231 Å². The van der Waals surface area contributed by atoms with Crippen LogP contribution in [0.25, 0.3) is 0 Å². The average Bonchev–Trinajstić information content (AvgIpc) is 3.14. The van der Waals surface area contributed by atoms with E-state index in [4.69, 9.17) is 9.98 Å². The molecule has 0 saturated carbocycles. The van der Waals surface area contributed by atoms with Crippen LogP contribution in [0, 0.1) is 0 Å².